The summed E-state index contributed by atoms with van der Waals surface area (Å²) in [4.78, 5) is 30.3. The summed E-state index contributed by atoms with van der Waals surface area (Å²) in [6.07, 6.45) is 0.740. The van der Waals surface area contributed by atoms with Crippen molar-refractivity contribution in [1.82, 2.24) is 9.80 Å². The number of ether oxygens (including phenoxy) is 1. The van der Waals surface area contributed by atoms with Crippen molar-refractivity contribution in [1.29, 1.82) is 0 Å². The van der Waals surface area contributed by atoms with Crippen molar-refractivity contribution < 1.29 is 19.4 Å². The summed E-state index contributed by atoms with van der Waals surface area (Å²) in [6.45, 7) is 5.99. The number of carbonyl (C=O) groups is 2. The molecule has 1 N–H and O–H groups in total. The van der Waals surface area contributed by atoms with E-state index in [1.54, 1.807) is 29.2 Å². The summed E-state index contributed by atoms with van der Waals surface area (Å²) >= 11 is 1.47. The van der Waals surface area contributed by atoms with Crippen LogP contribution in [-0.4, -0.2) is 60.4 Å². The first-order chi connectivity index (χ1) is 14.8. The van der Waals surface area contributed by atoms with Crippen LogP contribution in [0.2, 0.25) is 0 Å². The molecular weight excluding hydrogens is 412 g/mol. The van der Waals surface area contributed by atoms with E-state index in [0.29, 0.717) is 30.4 Å². The van der Waals surface area contributed by atoms with Crippen LogP contribution in [0.5, 0.6) is 5.75 Å². The van der Waals surface area contributed by atoms with Gasteiger partial charge in [-0.1, -0.05) is 19.9 Å². The Morgan fingerprint density at radius 3 is 2.48 bits per heavy atom. The van der Waals surface area contributed by atoms with Crippen molar-refractivity contribution in [2.75, 3.05) is 33.8 Å². The quantitative estimate of drug-likeness (QED) is 0.359. The minimum atomic E-state index is -0.638. The van der Waals surface area contributed by atoms with Crippen LogP contribution >= 0.6 is 11.3 Å². The fraction of sp³-hybridized carbons (Fsp3) is 0.417. The fourth-order valence-corrected chi connectivity index (χ4v) is 4.38. The maximum absolute atomic E-state index is 12.9. The van der Waals surface area contributed by atoms with Gasteiger partial charge in [0.25, 0.3) is 11.7 Å². The molecule has 31 heavy (non-hydrogen) atoms. The highest BCUT2D eigenvalue weighted by Crippen LogP contribution is 2.41. The van der Waals surface area contributed by atoms with Gasteiger partial charge in [-0.2, -0.15) is 0 Å². The molecule has 2 aromatic rings. The zero-order valence-electron chi connectivity index (χ0n) is 18.5. The first-order valence-electron chi connectivity index (χ1n) is 10.5. The number of nitrogens with zero attached hydrogens (tertiary/aromatic N) is 2. The first kappa shape index (κ1) is 23.0. The molecule has 0 radical (unpaired) electrons. The number of rotatable bonds is 9. The summed E-state index contributed by atoms with van der Waals surface area (Å²) < 4.78 is 5.70. The van der Waals surface area contributed by atoms with Crippen LogP contribution < -0.4 is 4.74 Å². The second-order valence-electron chi connectivity index (χ2n) is 8.39. The van der Waals surface area contributed by atoms with Gasteiger partial charge in [-0.05, 0) is 68.7 Å². The Morgan fingerprint density at radius 2 is 1.90 bits per heavy atom. The molecule has 7 heteroatoms. The topological polar surface area (TPSA) is 70.1 Å². The summed E-state index contributed by atoms with van der Waals surface area (Å²) in [5.41, 5.74) is 0.637. The lowest BCUT2D eigenvalue weighted by Gasteiger charge is -2.24. The number of likely N-dealkylation sites (tertiary alicyclic amines) is 1. The minimum absolute atomic E-state index is 0.146. The predicted molar refractivity (Wildman–Crippen MR) is 123 cm³/mol. The van der Waals surface area contributed by atoms with E-state index < -0.39 is 17.7 Å². The third-order valence-electron chi connectivity index (χ3n) is 5.07. The Kier molecular flexibility index (Phi) is 7.51. The van der Waals surface area contributed by atoms with Crippen molar-refractivity contribution >= 4 is 28.8 Å². The van der Waals surface area contributed by atoms with E-state index in [4.69, 9.17) is 4.74 Å². The van der Waals surface area contributed by atoms with Gasteiger partial charge in [0, 0.05) is 17.0 Å². The number of carbonyl (C=O) groups excluding carboxylic acids is 2. The number of ketones is 1. The Hall–Kier alpha value is -2.64. The van der Waals surface area contributed by atoms with Gasteiger partial charge in [0.2, 0.25) is 0 Å². The van der Waals surface area contributed by atoms with Crippen molar-refractivity contribution in [2.24, 2.45) is 5.92 Å². The summed E-state index contributed by atoms with van der Waals surface area (Å²) in [7, 11) is 3.94. The molecular formula is C24H30N2O4S. The molecule has 0 bridgehead atoms. The molecule has 1 saturated heterocycles. The van der Waals surface area contributed by atoms with E-state index in [9.17, 15) is 14.7 Å². The molecule has 6 nitrogen and oxygen atoms in total. The molecule has 1 aromatic carbocycles. The van der Waals surface area contributed by atoms with Crippen molar-refractivity contribution in [2.45, 2.75) is 26.3 Å². The van der Waals surface area contributed by atoms with Gasteiger partial charge in [0.15, 0.2) is 0 Å². The lowest BCUT2D eigenvalue weighted by molar-refractivity contribution is -0.139. The Balaban J connectivity index is 1.93. The highest BCUT2D eigenvalue weighted by Gasteiger charge is 2.46. The molecule has 1 aliphatic rings. The van der Waals surface area contributed by atoms with Gasteiger partial charge >= 0.3 is 0 Å². The SMILES string of the molecule is CC(C)COc1ccc(/C(O)=C2\C(=O)C(=O)N(CCCN(C)C)[C@H]2c2cccs2)cc1. The normalized spacial score (nSPS) is 18.4. The number of benzene rings is 1. The van der Waals surface area contributed by atoms with Gasteiger partial charge in [0.05, 0.1) is 18.2 Å². The molecule has 3 rings (SSSR count). The number of amides is 1. The Labute approximate surface area is 187 Å². The molecule has 1 amide bonds. The third-order valence-corrected chi connectivity index (χ3v) is 5.99. The first-order valence-corrected chi connectivity index (χ1v) is 11.4. The smallest absolute Gasteiger partial charge is 0.295 e. The molecule has 0 unspecified atom stereocenters. The number of aliphatic hydroxyl groups is 1. The number of Topliss-reactive ketones (excluding diaryl/α,β-unsaturated/α-hetero) is 1. The molecule has 1 fully saturated rings. The van der Waals surface area contributed by atoms with Crippen molar-refractivity contribution in [3.05, 3.63) is 57.8 Å². The van der Waals surface area contributed by atoms with Crippen LogP contribution in [0.3, 0.4) is 0 Å². The number of aliphatic hydroxyl groups excluding tert-OH is 1. The third kappa shape index (κ3) is 5.35. The lowest BCUT2D eigenvalue weighted by atomic mass is 10.00. The molecule has 166 valence electrons. The van der Waals surface area contributed by atoms with E-state index in [2.05, 4.69) is 13.8 Å². The highest BCUT2D eigenvalue weighted by atomic mass is 32.1. The van der Waals surface area contributed by atoms with Crippen molar-refractivity contribution in [3.63, 3.8) is 0 Å². The van der Waals surface area contributed by atoms with E-state index in [1.807, 2.05) is 36.5 Å². The van der Waals surface area contributed by atoms with Gasteiger partial charge in [-0.25, -0.2) is 0 Å². The van der Waals surface area contributed by atoms with Crippen LogP contribution in [-0.2, 0) is 9.59 Å². The lowest BCUT2D eigenvalue weighted by Crippen LogP contribution is -2.32. The monoisotopic (exact) mass is 442 g/mol. The Morgan fingerprint density at radius 1 is 1.19 bits per heavy atom. The number of hydrogen-bond acceptors (Lipinski definition) is 6. The molecule has 0 saturated carbocycles. The zero-order chi connectivity index (χ0) is 22.5. The van der Waals surface area contributed by atoms with Crippen LogP contribution in [0.25, 0.3) is 5.76 Å². The highest BCUT2D eigenvalue weighted by molar-refractivity contribution is 7.10. The summed E-state index contributed by atoms with van der Waals surface area (Å²) in [5.74, 6) is -0.245. The van der Waals surface area contributed by atoms with Crippen LogP contribution in [0.1, 0.15) is 36.8 Å². The van der Waals surface area contributed by atoms with Crippen molar-refractivity contribution in [3.8, 4) is 5.75 Å². The van der Waals surface area contributed by atoms with E-state index in [1.165, 1.54) is 11.3 Å². The second-order valence-corrected chi connectivity index (χ2v) is 9.37. The molecule has 2 heterocycles. The van der Waals surface area contributed by atoms with E-state index >= 15 is 0 Å². The minimum Gasteiger partial charge on any atom is -0.507 e. The summed E-state index contributed by atoms with van der Waals surface area (Å²) in [5, 5.41) is 13.0. The number of hydrogen-bond donors (Lipinski definition) is 1. The van der Waals surface area contributed by atoms with Gasteiger partial charge in [-0.15, -0.1) is 11.3 Å². The van der Waals surface area contributed by atoms with Crippen LogP contribution in [0.4, 0.5) is 0 Å². The molecule has 0 aliphatic carbocycles. The molecule has 1 atom stereocenters. The average Bonchev–Trinajstić information content (AvgIpc) is 3.34. The molecule has 1 aromatic heterocycles. The maximum Gasteiger partial charge on any atom is 0.295 e. The fourth-order valence-electron chi connectivity index (χ4n) is 3.54. The number of thiophene rings is 1. The Bertz CT molecular complexity index is 933. The molecule has 0 spiro atoms. The van der Waals surface area contributed by atoms with Gasteiger partial charge in [-0.3, -0.25) is 9.59 Å². The van der Waals surface area contributed by atoms with E-state index in [0.717, 1.165) is 17.8 Å². The zero-order valence-corrected chi connectivity index (χ0v) is 19.3. The van der Waals surface area contributed by atoms with Crippen LogP contribution in [0.15, 0.2) is 47.4 Å². The summed E-state index contributed by atoms with van der Waals surface area (Å²) in [6, 6.07) is 10.2. The average molecular weight is 443 g/mol. The largest absolute Gasteiger partial charge is 0.507 e. The molecule has 1 aliphatic heterocycles. The van der Waals surface area contributed by atoms with E-state index in [-0.39, 0.29) is 11.3 Å². The van der Waals surface area contributed by atoms with Gasteiger partial charge in [0.1, 0.15) is 11.5 Å². The maximum atomic E-state index is 12.9. The second kappa shape index (κ2) is 10.1. The van der Waals surface area contributed by atoms with Gasteiger partial charge < -0.3 is 19.6 Å². The standard InChI is InChI=1S/C24H30N2O4S/c1-16(2)15-30-18-10-8-17(9-11-18)22(27)20-21(19-7-5-14-31-19)26(24(29)23(20)28)13-6-12-25(3)4/h5,7-11,14,16,21,27H,6,12-13,15H2,1-4H3/b22-20+/t21-/m0/s1. The van der Waals surface area contributed by atoms with Crippen LogP contribution in [0, 0.1) is 5.92 Å². The predicted octanol–water partition coefficient (Wildman–Crippen LogP) is 4.16.